The molecule has 1 aromatic carbocycles. The summed E-state index contributed by atoms with van der Waals surface area (Å²) in [5, 5.41) is 0. The van der Waals surface area contributed by atoms with Crippen LogP contribution in [0.3, 0.4) is 0 Å². The first-order valence-electron chi connectivity index (χ1n) is 4.54. The van der Waals surface area contributed by atoms with Crippen LogP contribution in [-0.2, 0) is 0 Å². The summed E-state index contributed by atoms with van der Waals surface area (Å²) in [5.74, 6) is 0.481. The Morgan fingerprint density at radius 2 is 1.92 bits per heavy atom. The summed E-state index contributed by atoms with van der Waals surface area (Å²) >= 11 is 3.51. The molecule has 0 heterocycles. The minimum absolute atomic E-state index is 0.136. The van der Waals surface area contributed by atoms with Crippen LogP contribution in [0.15, 0.2) is 22.7 Å². The normalized spacial score (nSPS) is 13.4. The van der Waals surface area contributed by atoms with Crippen molar-refractivity contribution < 1.29 is 0 Å². The maximum Gasteiger partial charge on any atom is 0.0318 e. The fourth-order valence-corrected chi connectivity index (χ4v) is 1.60. The van der Waals surface area contributed by atoms with Crippen LogP contribution in [0, 0.1) is 12.8 Å². The predicted molar refractivity (Wildman–Crippen MR) is 60.6 cm³/mol. The zero-order valence-electron chi connectivity index (χ0n) is 8.34. The summed E-state index contributed by atoms with van der Waals surface area (Å²) < 4.78 is 1.14. The summed E-state index contributed by atoms with van der Waals surface area (Å²) in [6.07, 6.45) is 0. The molecule has 1 rings (SSSR count). The van der Waals surface area contributed by atoms with E-state index in [0.717, 1.165) is 4.47 Å². The van der Waals surface area contributed by atoms with Gasteiger partial charge >= 0.3 is 0 Å². The van der Waals surface area contributed by atoms with E-state index in [0.29, 0.717) is 5.92 Å². The average Bonchev–Trinajstić information content (AvgIpc) is 2.08. The Balaban J connectivity index is 2.97. The largest absolute Gasteiger partial charge is 0.324 e. The van der Waals surface area contributed by atoms with Gasteiger partial charge < -0.3 is 5.73 Å². The van der Waals surface area contributed by atoms with E-state index in [2.05, 4.69) is 54.9 Å². The highest BCUT2D eigenvalue weighted by Crippen LogP contribution is 2.24. The molecule has 13 heavy (non-hydrogen) atoms. The van der Waals surface area contributed by atoms with Crippen molar-refractivity contribution in [2.45, 2.75) is 26.8 Å². The highest BCUT2D eigenvalue weighted by atomic mass is 79.9. The van der Waals surface area contributed by atoms with E-state index < -0.39 is 0 Å². The summed E-state index contributed by atoms with van der Waals surface area (Å²) in [7, 11) is 0. The van der Waals surface area contributed by atoms with E-state index in [1.165, 1.54) is 11.1 Å². The molecular weight excluding hydrogens is 226 g/mol. The minimum atomic E-state index is 0.136. The lowest BCUT2D eigenvalue weighted by Crippen LogP contribution is -2.16. The Morgan fingerprint density at radius 3 is 2.38 bits per heavy atom. The third-order valence-corrected chi connectivity index (χ3v) is 3.15. The second kappa shape index (κ2) is 4.25. The Hall–Kier alpha value is -0.340. The number of nitrogens with two attached hydrogens (primary N) is 1. The Labute approximate surface area is 88.5 Å². The number of halogens is 1. The Kier molecular flexibility index (Phi) is 3.51. The third kappa shape index (κ3) is 2.55. The summed E-state index contributed by atoms with van der Waals surface area (Å²) in [6.45, 7) is 6.35. The zero-order chi connectivity index (χ0) is 10.0. The number of aryl methyl sites for hydroxylation is 1. The molecule has 1 aromatic rings. The molecule has 0 saturated heterocycles. The first-order chi connectivity index (χ1) is 6.02. The van der Waals surface area contributed by atoms with Gasteiger partial charge in [-0.3, -0.25) is 0 Å². The van der Waals surface area contributed by atoms with Gasteiger partial charge in [-0.15, -0.1) is 0 Å². The van der Waals surface area contributed by atoms with Crippen LogP contribution in [-0.4, -0.2) is 0 Å². The van der Waals surface area contributed by atoms with Gasteiger partial charge in [0.05, 0.1) is 0 Å². The maximum atomic E-state index is 6.04. The topological polar surface area (TPSA) is 26.0 Å². The lowest BCUT2D eigenvalue weighted by atomic mass is 9.96. The summed E-state index contributed by atoms with van der Waals surface area (Å²) in [5.41, 5.74) is 8.49. The molecule has 72 valence electrons. The summed E-state index contributed by atoms with van der Waals surface area (Å²) in [6, 6.07) is 6.45. The van der Waals surface area contributed by atoms with Crippen molar-refractivity contribution in [3.8, 4) is 0 Å². The van der Waals surface area contributed by atoms with Gasteiger partial charge in [0.2, 0.25) is 0 Å². The van der Waals surface area contributed by atoms with Crippen molar-refractivity contribution >= 4 is 15.9 Å². The smallest absolute Gasteiger partial charge is 0.0318 e. The van der Waals surface area contributed by atoms with Crippen molar-refractivity contribution in [3.05, 3.63) is 33.8 Å². The number of rotatable bonds is 2. The first-order valence-corrected chi connectivity index (χ1v) is 5.33. The molecule has 1 nitrogen and oxygen atoms in total. The predicted octanol–water partition coefficient (Wildman–Crippen LogP) is 3.41. The van der Waals surface area contributed by atoms with E-state index in [1.807, 2.05) is 0 Å². The van der Waals surface area contributed by atoms with E-state index in [4.69, 9.17) is 5.73 Å². The standard InChI is InChI=1S/C11H16BrN/c1-7(2)11(13)9-5-4-8(3)10(12)6-9/h4-7,11H,13H2,1-3H3/t11-/m1/s1. The van der Waals surface area contributed by atoms with Crippen LogP contribution in [0.2, 0.25) is 0 Å². The van der Waals surface area contributed by atoms with E-state index in [-0.39, 0.29) is 6.04 Å². The van der Waals surface area contributed by atoms with Crippen LogP contribution < -0.4 is 5.73 Å². The van der Waals surface area contributed by atoms with Crippen molar-refractivity contribution in [1.82, 2.24) is 0 Å². The molecule has 2 heteroatoms. The maximum absolute atomic E-state index is 6.04. The lowest BCUT2D eigenvalue weighted by molar-refractivity contribution is 0.514. The highest BCUT2D eigenvalue weighted by molar-refractivity contribution is 9.10. The number of hydrogen-bond donors (Lipinski definition) is 1. The SMILES string of the molecule is Cc1ccc([C@H](N)C(C)C)cc1Br. The van der Waals surface area contributed by atoms with E-state index in [9.17, 15) is 0 Å². The van der Waals surface area contributed by atoms with Gasteiger partial charge in [0.15, 0.2) is 0 Å². The zero-order valence-corrected chi connectivity index (χ0v) is 9.93. The fourth-order valence-electron chi connectivity index (χ4n) is 1.20. The Morgan fingerprint density at radius 1 is 1.31 bits per heavy atom. The van der Waals surface area contributed by atoms with Crippen LogP contribution >= 0.6 is 15.9 Å². The number of benzene rings is 1. The highest BCUT2D eigenvalue weighted by Gasteiger charge is 2.10. The molecule has 0 aliphatic rings. The molecule has 0 spiro atoms. The van der Waals surface area contributed by atoms with Gasteiger partial charge in [0.1, 0.15) is 0 Å². The van der Waals surface area contributed by atoms with Crippen LogP contribution in [0.1, 0.15) is 31.0 Å². The molecule has 0 unspecified atom stereocenters. The van der Waals surface area contributed by atoms with Gasteiger partial charge in [-0.1, -0.05) is 41.9 Å². The molecular formula is C11H16BrN. The van der Waals surface area contributed by atoms with Crippen LogP contribution in [0.25, 0.3) is 0 Å². The fraction of sp³-hybridized carbons (Fsp3) is 0.455. The molecule has 0 fully saturated rings. The molecule has 0 saturated carbocycles. The Bertz CT molecular complexity index is 294. The summed E-state index contributed by atoms with van der Waals surface area (Å²) in [4.78, 5) is 0. The quantitative estimate of drug-likeness (QED) is 0.844. The molecule has 0 aliphatic heterocycles. The monoisotopic (exact) mass is 241 g/mol. The van der Waals surface area contributed by atoms with Crippen molar-refractivity contribution in [3.63, 3.8) is 0 Å². The number of hydrogen-bond acceptors (Lipinski definition) is 1. The van der Waals surface area contributed by atoms with Gasteiger partial charge in [-0.25, -0.2) is 0 Å². The molecule has 0 amide bonds. The molecule has 0 aliphatic carbocycles. The molecule has 0 radical (unpaired) electrons. The van der Waals surface area contributed by atoms with E-state index >= 15 is 0 Å². The van der Waals surface area contributed by atoms with E-state index in [1.54, 1.807) is 0 Å². The van der Waals surface area contributed by atoms with Gasteiger partial charge in [-0.2, -0.15) is 0 Å². The molecule has 0 aromatic heterocycles. The minimum Gasteiger partial charge on any atom is -0.324 e. The molecule has 0 bridgehead atoms. The van der Waals surface area contributed by atoms with Crippen molar-refractivity contribution in [2.24, 2.45) is 11.7 Å². The van der Waals surface area contributed by atoms with Crippen LogP contribution in [0.5, 0.6) is 0 Å². The molecule has 2 N–H and O–H groups in total. The van der Waals surface area contributed by atoms with Gasteiger partial charge in [0.25, 0.3) is 0 Å². The molecule has 1 atom stereocenters. The second-order valence-electron chi connectivity index (χ2n) is 3.78. The van der Waals surface area contributed by atoms with Gasteiger partial charge in [0, 0.05) is 10.5 Å². The van der Waals surface area contributed by atoms with Gasteiger partial charge in [-0.05, 0) is 30.0 Å². The average molecular weight is 242 g/mol. The van der Waals surface area contributed by atoms with Crippen LogP contribution in [0.4, 0.5) is 0 Å². The third-order valence-electron chi connectivity index (χ3n) is 2.30. The lowest BCUT2D eigenvalue weighted by Gasteiger charge is -2.16. The first kappa shape index (κ1) is 10.7. The van der Waals surface area contributed by atoms with Crippen molar-refractivity contribution in [2.75, 3.05) is 0 Å². The van der Waals surface area contributed by atoms with Crippen molar-refractivity contribution in [1.29, 1.82) is 0 Å². The second-order valence-corrected chi connectivity index (χ2v) is 4.63.